The molecule has 0 saturated carbocycles. The van der Waals surface area contributed by atoms with E-state index < -0.39 is 0 Å². The van der Waals surface area contributed by atoms with Crippen LogP contribution in [0, 0.1) is 0 Å². The van der Waals surface area contributed by atoms with E-state index in [1.807, 2.05) is 41.3 Å². The molecule has 3 aromatic rings. The Morgan fingerprint density at radius 2 is 2.00 bits per heavy atom. The highest BCUT2D eigenvalue weighted by Gasteiger charge is 2.25. The second-order valence-corrected chi connectivity index (χ2v) is 6.60. The summed E-state index contributed by atoms with van der Waals surface area (Å²) >= 11 is 6.26. The Hall–Kier alpha value is -2.59. The molecule has 0 spiro atoms. The van der Waals surface area contributed by atoms with Crippen LogP contribution in [0.15, 0.2) is 48.5 Å². The summed E-state index contributed by atoms with van der Waals surface area (Å²) in [6.45, 7) is 1.22. The summed E-state index contributed by atoms with van der Waals surface area (Å²) in [5.74, 6) is 0. The van der Waals surface area contributed by atoms with Crippen LogP contribution in [0.25, 0.3) is 22.0 Å². The summed E-state index contributed by atoms with van der Waals surface area (Å²) < 4.78 is 0. The third-order valence-electron chi connectivity index (χ3n) is 4.66. The maximum atomic E-state index is 12.1. The number of hydrogen-bond acceptors (Lipinski definition) is 2. The highest BCUT2D eigenvalue weighted by atomic mass is 35.5. The molecule has 0 saturated heterocycles. The maximum Gasteiger partial charge on any atom is 0.317 e. The average molecular weight is 352 g/mol. The van der Waals surface area contributed by atoms with E-state index in [4.69, 9.17) is 16.6 Å². The zero-order chi connectivity index (χ0) is 17.4. The first-order valence-corrected chi connectivity index (χ1v) is 8.68. The van der Waals surface area contributed by atoms with Crippen molar-refractivity contribution < 1.29 is 4.79 Å². The Labute approximate surface area is 151 Å². The van der Waals surface area contributed by atoms with Gasteiger partial charge in [-0.25, -0.2) is 4.79 Å². The molecule has 1 aliphatic heterocycles. The van der Waals surface area contributed by atoms with E-state index in [-0.39, 0.29) is 6.03 Å². The number of rotatable bonds is 1. The van der Waals surface area contributed by atoms with Crippen LogP contribution < -0.4 is 5.32 Å². The average Bonchev–Trinajstić information content (AvgIpc) is 2.66. The van der Waals surface area contributed by atoms with Crippen molar-refractivity contribution in [1.82, 2.24) is 15.2 Å². The molecule has 2 heterocycles. The Morgan fingerprint density at radius 3 is 2.76 bits per heavy atom. The maximum absolute atomic E-state index is 12.1. The number of fused-ring (bicyclic) bond motifs is 2. The third kappa shape index (κ3) is 2.83. The number of urea groups is 1. The zero-order valence-corrected chi connectivity index (χ0v) is 14.7. The van der Waals surface area contributed by atoms with Crippen LogP contribution in [0.5, 0.6) is 0 Å². The molecule has 2 aromatic carbocycles. The van der Waals surface area contributed by atoms with Gasteiger partial charge in [0.1, 0.15) is 0 Å². The summed E-state index contributed by atoms with van der Waals surface area (Å²) in [6, 6.07) is 16.0. The van der Waals surface area contributed by atoms with Crippen LogP contribution in [-0.2, 0) is 13.0 Å². The number of carbonyl (C=O) groups is 1. The molecule has 4 nitrogen and oxygen atoms in total. The van der Waals surface area contributed by atoms with Crippen LogP contribution in [0.2, 0.25) is 5.02 Å². The van der Waals surface area contributed by atoms with Crippen LogP contribution in [0.4, 0.5) is 4.79 Å². The van der Waals surface area contributed by atoms with Gasteiger partial charge in [0.15, 0.2) is 0 Å². The summed E-state index contributed by atoms with van der Waals surface area (Å²) in [5, 5.41) is 4.43. The minimum atomic E-state index is -0.0594. The molecule has 5 heteroatoms. The number of aromatic nitrogens is 1. The SMILES string of the molecule is CNC(=O)N1CCc2nc3ccc(Cl)cc3c(-c3ccccc3)c2C1. The van der Waals surface area contributed by atoms with Crippen molar-refractivity contribution in [2.45, 2.75) is 13.0 Å². The van der Waals surface area contributed by atoms with E-state index >= 15 is 0 Å². The van der Waals surface area contributed by atoms with Crippen molar-refractivity contribution in [1.29, 1.82) is 0 Å². The fourth-order valence-electron chi connectivity index (χ4n) is 3.48. The number of halogens is 1. The lowest BCUT2D eigenvalue weighted by molar-refractivity contribution is 0.194. The van der Waals surface area contributed by atoms with Crippen molar-refractivity contribution in [2.24, 2.45) is 0 Å². The molecule has 1 N–H and O–H groups in total. The van der Waals surface area contributed by atoms with E-state index in [1.54, 1.807) is 7.05 Å². The number of pyridine rings is 1. The van der Waals surface area contributed by atoms with E-state index in [0.717, 1.165) is 39.7 Å². The molecular formula is C20H18ClN3O. The summed E-state index contributed by atoms with van der Waals surface area (Å²) in [6.07, 6.45) is 0.751. The molecule has 0 fully saturated rings. The molecule has 0 aliphatic carbocycles. The molecule has 0 unspecified atom stereocenters. The van der Waals surface area contributed by atoms with Crippen LogP contribution in [0.3, 0.4) is 0 Å². The summed E-state index contributed by atoms with van der Waals surface area (Å²) in [5.41, 5.74) is 5.35. The predicted molar refractivity (Wildman–Crippen MR) is 101 cm³/mol. The predicted octanol–water partition coefficient (Wildman–Crippen LogP) is 4.25. The van der Waals surface area contributed by atoms with Gasteiger partial charge in [0, 0.05) is 48.2 Å². The van der Waals surface area contributed by atoms with Gasteiger partial charge >= 0.3 is 6.03 Å². The molecule has 0 atom stereocenters. The van der Waals surface area contributed by atoms with Gasteiger partial charge < -0.3 is 10.2 Å². The van der Waals surface area contributed by atoms with E-state index in [2.05, 4.69) is 17.4 Å². The normalized spacial score (nSPS) is 13.6. The van der Waals surface area contributed by atoms with Gasteiger partial charge in [-0.3, -0.25) is 4.98 Å². The van der Waals surface area contributed by atoms with Crippen molar-refractivity contribution in [3.05, 3.63) is 64.8 Å². The van der Waals surface area contributed by atoms with Crippen LogP contribution in [-0.4, -0.2) is 29.5 Å². The van der Waals surface area contributed by atoms with Gasteiger partial charge in [0.2, 0.25) is 0 Å². The number of benzene rings is 2. The lowest BCUT2D eigenvalue weighted by atomic mass is 9.91. The van der Waals surface area contributed by atoms with E-state index in [1.165, 1.54) is 0 Å². The van der Waals surface area contributed by atoms with E-state index in [0.29, 0.717) is 18.1 Å². The molecule has 0 bridgehead atoms. The highest BCUT2D eigenvalue weighted by molar-refractivity contribution is 6.31. The molecule has 126 valence electrons. The van der Waals surface area contributed by atoms with Gasteiger partial charge in [-0.05, 0) is 29.3 Å². The van der Waals surface area contributed by atoms with Crippen molar-refractivity contribution in [2.75, 3.05) is 13.6 Å². The number of nitrogens with zero attached hydrogens (tertiary/aromatic N) is 2. The number of nitrogens with one attached hydrogen (secondary N) is 1. The standard InChI is InChI=1S/C20H18ClN3O/c1-22-20(25)24-10-9-18-16(12-24)19(13-5-3-2-4-6-13)15-11-14(21)7-8-17(15)23-18/h2-8,11H,9-10,12H2,1H3,(H,22,25). The van der Waals surface area contributed by atoms with Crippen LogP contribution in [0.1, 0.15) is 11.3 Å². The topological polar surface area (TPSA) is 45.2 Å². The van der Waals surface area contributed by atoms with Crippen molar-refractivity contribution >= 4 is 28.5 Å². The smallest absolute Gasteiger partial charge is 0.317 e. The summed E-state index contributed by atoms with van der Waals surface area (Å²) in [7, 11) is 1.66. The Balaban J connectivity index is 1.98. The molecule has 2 amide bonds. The molecule has 1 aliphatic rings. The highest BCUT2D eigenvalue weighted by Crippen LogP contribution is 2.36. The fourth-order valence-corrected chi connectivity index (χ4v) is 3.65. The second-order valence-electron chi connectivity index (χ2n) is 6.17. The first kappa shape index (κ1) is 15.9. The number of carbonyl (C=O) groups excluding carboxylic acids is 1. The monoisotopic (exact) mass is 351 g/mol. The first-order chi connectivity index (χ1) is 12.2. The molecule has 25 heavy (non-hydrogen) atoms. The van der Waals surface area contributed by atoms with Gasteiger partial charge in [0.25, 0.3) is 0 Å². The number of hydrogen-bond donors (Lipinski definition) is 1. The Bertz CT molecular complexity index is 956. The lowest BCUT2D eigenvalue weighted by Crippen LogP contribution is -2.41. The van der Waals surface area contributed by atoms with Crippen molar-refractivity contribution in [3.63, 3.8) is 0 Å². The first-order valence-electron chi connectivity index (χ1n) is 8.30. The minimum absolute atomic E-state index is 0.0594. The fraction of sp³-hybridized carbons (Fsp3) is 0.200. The molecule has 1 aromatic heterocycles. The molecule has 0 radical (unpaired) electrons. The zero-order valence-electron chi connectivity index (χ0n) is 13.9. The summed E-state index contributed by atoms with van der Waals surface area (Å²) in [4.78, 5) is 18.8. The second kappa shape index (κ2) is 6.37. The third-order valence-corrected chi connectivity index (χ3v) is 4.90. The van der Waals surface area contributed by atoms with Crippen LogP contribution >= 0.6 is 11.6 Å². The molecule has 4 rings (SSSR count). The largest absolute Gasteiger partial charge is 0.341 e. The quantitative estimate of drug-likeness (QED) is 0.712. The Kier molecular flexibility index (Phi) is 4.06. The lowest BCUT2D eigenvalue weighted by Gasteiger charge is -2.30. The molecular weight excluding hydrogens is 334 g/mol. The van der Waals surface area contributed by atoms with E-state index in [9.17, 15) is 4.79 Å². The Morgan fingerprint density at radius 1 is 1.20 bits per heavy atom. The van der Waals surface area contributed by atoms with Gasteiger partial charge in [-0.1, -0.05) is 41.9 Å². The number of amides is 2. The van der Waals surface area contributed by atoms with Gasteiger partial charge in [0.05, 0.1) is 5.52 Å². The van der Waals surface area contributed by atoms with Gasteiger partial charge in [-0.2, -0.15) is 0 Å². The van der Waals surface area contributed by atoms with Crippen molar-refractivity contribution in [3.8, 4) is 11.1 Å². The van der Waals surface area contributed by atoms with Gasteiger partial charge in [-0.15, -0.1) is 0 Å². The minimum Gasteiger partial charge on any atom is -0.341 e.